The monoisotopic (exact) mass is 627 g/mol. The standard InChI is InChI=1S/C29H36N3O6PS.Ca.2H/c1-22(2)21-37-39(34,35)38-32-27-20-24(10-8-23(27)9-11-29(32)33)36-18-4-3-13-30-14-16-31(17-15-30)26-6-5-7-28-25(26)12-19-40-28;;;/h5-12,19-20,22H,3-4,13-18,21H2,1-2H3,(H,34,35);;;. The van der Waals surface area contributed by atoms with Gasteiger partial charge in [-0.15, -0.1) is 16.1 Å². The van der Waals surface area contributed by atoms with Gasteiger partial charge >= 0.3 is 45.6 Å². The van der Waals surface area contributed by atoms with E-state index in [0.29, 0.717) is 23.3 Å². The molecule has 218 valence electrons. The Bertz CT molecular complexity index is 1550. The van der Waals surface area contributed by atoms with E-state index in [1.54, 1.807) is 29.5 Å². The molecule has 1 unspecified atom stereocenters. The number of hydrogen-bond acceptors (Lipinski definition) is 8. The van der Waals surface area contributed by atoms with Gasteiger partial charge in [0.25, 0.3) is 5.56 Å². The van der Waals surface area contributed by atoms with Crippen LogP contribution >= 0.6 is 19.2 Å². The van der Waals surface area contributed by atoms with Gasteiger partial charge in [0.1, 0.15) is 5.75 Å². The number of hydrogen-bond donors (Lipinski definition) is 1. The maximum absolute atomic E-state index is 12.5. The Morgan fingerprint density at radius 2 is 1.80 bits per heavy atom. The van der Waals surface area contributed by atoms with Crippen LogP contribution in [0.15, 0.2) is 64.8 Å². The van der Waals surface area contributed by atoms with E-state index in [0.717, 1.165) is 50.3 Å². The number of nitrogens with zero attached hydrogens (tertiary/aromatic N) is 3. The Hall–Kier alpha value is -1.62. The van der Waals surface area contributed by atoms with E-state index in [4.69, 9.17) is 13.9 Å². The van der Waals surface area contributed by atoms with Crippen LogP contribution in [0.25, 0.3) is 21.0 Å². The molecule has 1 fully saturated rings. The zero-order valence-corrected chi connectivity index (χ0v) is 24.6. The summed E-state index contributed by atoms with van der Waals surface area (Å²) < 4.78 is 30.6. The second kappa shape index (κ2) is 14.7. The van der Waals surface area contributed by atoms with Crippen molar-refractivity contribution in [2.75, 3.05) is 50.8 Å². The normalized spacial score (nSPS) is 15.7. The minimum absolute atomic E-state index is 0. The molecule has 3 heterocycles. The van der Waals surface area contributed by atoms with Gasteiger partial charge in [-0.1, -0.05) is 19.9 Å². The molecule has 0 radical (unpaired) electrons. The molecule has 12 heteroatoms. The molecule has 2 aromatic heterocycles. The molecule has 2 aromatic carbocycles. The van der Waals surface area contributed by atoms with Gasteiger partial charge in [-0.2, -0.15) is 0 Å². The van der Waals surface area contributed by atoms with E-state index < -0.39 is 13.4 Å². The molecule has 5 rings (SSSR count). The van der Waals surface area contributed by atoms with Crippen LogP contribution in [-0.4, -0.2) is 98.2 Å². The van der Waals surface area contributed by atoms with E-state index in [1.807, 2.05) is 19.9 Å². The van der Waals surface area contributed by atoms with E-state index in [-0.39, 0.29) is 50.3 Å². The maximum atomic E-state index is 12.5. The summed E-state index contributed by atoms with van der Waals surface area (Å²) in [5.74, 6) is 0.590. The topological polar surface area (TPSA) is 93.5 Å². The zero-order chi connectivity index (χ0) is 28.1. The molecule has 0 aliphatic carbocycles. The number of phosphoric ester groups is 1. The van der Waals surface area contributed by atoms with E-state index in [9.17, 15) is 14.3 Å². The van der Waals surface area contributed by atoms with Crippen LogP contribution < -0.4 is 19.8 Å². The summed E-state index contributed by atoms with van der Waals surface area (Å²) in [6.07, 6.45) is 1.90. The predicted molar refractivity (Wildman–Crippen MR) is 169 cm³/mol. The molecule has 1 aliphatic heterocycles. The number of fused-ring (bicyclic) bond motifs is 2. The number of ether oxygens (including phenoxy) is 1. The van der Waals surface area contributed by atoms with Crippen LogP contribution in [0.2, 0.25) is 0 Å². The van der Waals surface area contributed by atoms with Crippen molar-refractivity contribution in [2.45, 2.75) is 26.7 Å². The number of rotatable bonds is 12. The fraction of sp³-hybridized carbons (Fsp3) is 0.414. The molecule has 41 heavy (non-hydrogen) atoms. The summed E-state index contributed by atoms with van der Waals surface area (Å²) >= 11 is 1.79. The third-order valence-electron chi connectivity index (χ3n) is 6.91. The van der Waals surface area contributed by atoms with Crippen LogP contribution in [0.4, 0.5) is 5.69 Å². The van der Waals surface area contributed by atoms with Crippen molar-refractivity contribution in [1.82, 2.24) is 9.63 Å². The van der Waals surface area contributed by atoms with E-state index in [2.05, 4.69) is 39.4 Å². The van der Waals surface area contributed by atoms with Gasteiger partial charge in [0.15, 0.2) is 0 Å². The number of thiophene rings is 1. The Morgan fingerprint density at radius 1 is 1.02 bits per heavy atom. The Kier molecular flexibility index (Phi) is 11.6. The second-order valence-electron chi connectivity index (χ2n) is 10.4. The SMILES string of the molecule is CC(C)COP(=O)(O)On1c(=O)ccc2ccc(OCCCCN3CCN(c4cccc5sccc45)CC3)cc21.[CaH2]. The molecule has 0 bridgehead atoms. The number of piperazine rings is 1. The summed E-state index contributed by atoms with van der Waals surface area (Å²) in [5, 5.41) is 4.18. The Labute approximate surface area is 274 Å². The van der Waals surface area contributed by atoms with Crippen molar-refractivity contribution < 1.29 is 23.3 Å². The fourth-order valence-corrected chi connectivity index (χ4v) is 6.54. The average molecular weight is 628 g/mol. The Balaban J connectivity index is 0.00000387. The van der Waals surface area contributed by atoms with Gasteiger partial charge in [0.2, 0.25) is 0 Å². The van der Waals surface area contributed by atoms with E-state index >= 15 is 0 Å². The van der Waals surface area contributed by atoms with Crippen LogP contribution in [0.3, 0.4) is 0 Å². The molecule has 4 aromatic rings. The van der Waals surface area contributed by atoms with Crippen LogP contribution in [0.1, 0.15) is 26.7 Å². The van der Waals surface area contributed by atoms with Gasteiger partial charge in [-0.05, 0) is 67.1 Å². The van der Waals surface area contributed by atoms with Gasteiger partial charge < -0.3 is 14.3 Å². The molecule has 9 nitrogen and oxygen atoms in total. The zero-order valence-electron chi connectivity index (χ0n) is 22.9. The van der Waals surface area contributed by atoms with Crippen LogP contribution in [0, 0.1) is 5.92 Å². The number of aromatic nitrogens is 1. The number of phosphoric acid groups is 1. The molecule has 1 saturated heterocycles. The predicted octanol–water partition coefficient (Wildman–Crippen LogP) is 4.48. The van der Waals surface area contributed by atoms with Crippen molar-refractivity contribution in [1.29, 1.82) is 0 Å². The first-order chi connectivity index (χ1) is 19.3. The number of benzene rings is 2. The van der Waals surface area contributed by atoms with Gasteiger partial charge in [0.05, 0.1) is 18.7 Å². The van der Waals surface area contributed by atoms with Crippen LogP contribution in [-0.2, 0) is 9.09 Å². The molecular formula is C29H38CaN3O6PS. The van der Waals surface area contributed by atoms with Gasteiger partial charge in [-0.25, -0.2) is 4.57 Å². The first kappa shape index (κ1) is 32.3. The van der Waals surface area contributed by atoms with Gasteiger partial charge in [-0.3, -0.25) is 19.1 Å². The van der Waals surface area contributed by atoms with Crippen molar-refractivity contribution in [3.05, 3.63) is 70.3 Å². The van der Waals surface area contributed by atoms with Crippen molar-refractivity contribution in [3.63, 3.8) is 0 Å². The second-order valence-corrected chi connectivity index (χ2v) is 12.7. The first-order valence-electron chi connectivity index (χ1n) is 13.7. The molecular weight excluding hydrogens is 589 g/mol. The molecule has 0 spiro atoms. The number of pyridine rings is 1. The first-order valence-corrected chi connectivity index (χ1v) is 16.1. The summed E-state index contributed by atoms with van der Waals surface area (Å²) in [7, 11) is -4.47. The Morgan fingerprint density at radius 3 is 2.59 bits per heavy atom. The third kappa shape index (κ3) is 8.48. The fourth-order valence-electron chi connectivity index (χ4n) is 4.83. The minimum atomic E-state index is -4.47. The van der Waals surface area contributed by atoms with Gasteiger partial charge in [0, 0.05) is 59.5 Å². The van der Waals surface area contributed by atoms with Crippen molar-refractivity contribution in [2.24, 2.45) is 5.92 Å². The van der Waals surface area contributed by atoms with Crippen molar-refractivity contribution >= 4 is 83.6 Å². The van der Waals surface area contributed by atoms with Crippen LogP contribution in [0.5, 0.6) is 5.75 Å². The molecule has 1 N–H and O–H groups in total. The third-order valence-corrected chi connectivity index (χ3v) is 8.63. The molecule has 0 saturated carbocycles. The van der Waals surface area contributed by atoms with Crippen molar-refractivity contribution in [3.8, 4) is 5.75 Å². The number of anilines is 1. The summed E-state index contributed by atoms with van der Waals surface area (Å²) in [5.41, 5.74) is 1.10. The summed E-state index contributed by atoms with van der Waals surface area (Å²) in [4.78, 5) is 27.6. The summed E-state index contributed by atoms with van der Waals surface area (Å²) in [6, 6.07) is 17.0. The number of unbranched alkanes of at least 4 members (excludes halogenated alkanes) is 1. The summed E-state index contributed by atoms with van der Waals surface area (Å²) in [6.45, 7) is 9.40. The molecule has 1 aliphatic rings. The van der Waals surface area contributed by atoms with E-state index in [1.165, 1.54) is 21.8 Å². The molecule has 0 amide bonds. The molecule has 1 atom stereocenters. The quantitative estimate of drug-likeness (QED) is 0.140. The average Bonchev–Trinajstić information content (AvgIpc) is 3.43.